The van der Waals surface area contributed by atoms with Gasteiger partial charge in [0.2, 0.25) is 0 Å². The summed E-state index contributed by atoms with van der Waals surface area (Å²) in [6.07, 6.45) is 5.25. The van der Waals surface area contributed by atoms with E-state index in [1.165, 1.54) is 30.5 Å². The van der Waals surface area contributed by atoms with Gasteiger partial charge >= 0.3 is 0 Å². The molecular weight excluding hydrogens is 365 g/mol. The van der Waals surface area contributed by atoms with Crippen LogP contribution in [0.1, 0.15) is 33.9 Å². The molecule has 0 aliphatic heterocycles. The van der Waals surface area contributed by atoms with Gasteiger partial charge < -0.3 is 15.0 Å². The smallest absolute Gasteiger partial charge is 0.263 e. The van der Waals surface area contributed by atoms with E-state index < -0.39 is 11.5 Å². The predicted octanol–water partition coefficient (Wildman–Crippen LogP) is 1.50. The van der Waals surface area contributed by atoms with Gasteiger partial charge in [-0.1, -0.05) is 0 Å². The molecule has 0 spiro atoms. The van der Waals surface area contributed by atoms with E-state index in [9.17, 15) is 14.0 Å². The topological polar surface area (TPSA) is 113 Å². The maximum absolute atomic E-state index is 12.9. The first-order valence-corrected chi connectivity index (χ1v) is 8.87. The highest BCUT2D eigenvalue weighted by molar-refractivity contribution is 5.93. The Morgan fingerprint density at radius 3 is 2.89 bits per heavy atom. The Hall–Kier alpha value is -3.49. The summed E-state index contributed by atoms with van der Waals surface area (Å²) in [5, 5.41) is 9.84. The number of aromatic nitrogens is 4. The molecule has 0 saturated heterocycles. The zero-order valence-electron chi connectivity index (χ0n) is 14.9. The van der Waals surface area contributed by atoms with Crippen LogP contribution in [0, 0.1) is 5.82 Å². The molecule has 3 N–H and O–H groups in total. The molecule has 1 aromatic carbocycles. The van der Waals surface area contributed by atoms with Crippen molar-refractivity contribution < 1.29 is 13.9 Å². The van der Waals surface area contributed by atoms with Crippen molar-refractivity contribution in [2.24, 2.45) is 0 Å². The summed E-state index contributed by atoms with van der Waals surface area (Å²) in [4.78, 5) is 31.3. The van der Waals surface area contributed by atoms with Crippen LogP contribution in [-0.2, 0) is 19.4 Å². The number of nitrogens with one attached hydrogen (secondary N) is 3. The van der Waals surface area contributed by atoms with E-state index in [0.29, 0.717) is 12.2 Å². The van der Waals surface area contributed by atoms with Crippen molar-refractivity contribution in [2.75, 3.05) is 0 Å². The van der Waals surface area contributed by atoms with Crippen LogP contribution in [0.3, 0.4) is 0 Å². The maximum Gasteiger partial charge on any atom is 0.263 e. The van der Waals surface area contributed by atoms with E-state index >= 15 is 0 Å². The summed E-state index contributed by atoms with van der Waals surface area (Å²) in [6.45, 7) is -0.00529. The minimum absolute atomic E-state index is 0.00529. The van der Waals surface area contributed by atoms with Crippen molar-refractivity contribution >= 4 is 5.91 Å². The number of nitrogens with zero attached hydrogens (tertiary/aromatic N) is 2. The number of hydrogen-bond acceptors (Lipinski definition) is 5. The van der Waals surface area contributed by atoms with Crippen molar-refractivity contribution in [1.82, 2.24) is 25.5 Å². The van der Waals surface area contributed by atoms with Crippen LogP contribution in [0.25, 0.3) is 0 Å². The molecule has 1 aliphatic carbocycles. The van der Waals surface area contributed by atoms with E-state index in [1.807, 2.05) is 0 Å². The van der Waals surface area contributed by atoms with E-state index in [1.54, 1.807) is 6.20 Å². The van der Waals surface area contributed by atoms with Gasteiger partial charge in [0.15, 0.2) is 0 Å². The van der Waals surface area contributed by atoms with Crippen LogP contribution in [-0.4, -0.2) is 32.1 Å². The molecule has 28 heavy (non-hydrogen) atoms. The van der Waals surface area contributed by atoms with Gasteiger partial charge in [0.1, 0.15) is 29.6 Å². The molecular formula is C19H18FN5O3. The van der Waals surface area contributed by atoms with Crippen LogP contribution in [0.5, 0.6) is 5.75 Å². The van der Waals surface area contributed by atoms with Gasteiger partial charge in [-0.2, -0.15) is 5.10 Å². The lowest BCUT2D eigenvalue weighted by atomic mass is 9.93. The molecule has 8 nitrogen and oxygen atoms in total. The van der Waals surface area contributed by atoms with Gasteiger partial charge in [-0.05, 0) is 49.1 Å². The Bertz CT molecular complexity index is 1040. The van der Waals surface area contributed by atoms with Crippen molar-refractivity contribution in [3.63, 3.8) is 0 Å². The number of aromatic amines is 2. The molecule has 1 aliphatic rings. The molecule has 1 atom stereocenters. The highest BCUT2D eigenvalue weighted by Gasteiger charge is 2.23. The molecule has 0 radical (unpaired) electrons. The number of ether oxygens (including phenoxy) is 1. The minimum Gasteiger partial charge on any atom is -0.486 e. The summed E-state index contributed by atoms with van der Waals surface area (Å²) >= 11 is 0. The number of carbonyl (C=O) groups is 1. The first-order chi connectivity index (χ1) is 13.6. The normalized spacial score (nSPS) is 15.7. The minimum atomic E-state index is -0.537. The summed E-state index contributed by atoms with van der Waals surface area (Å²) < 4.78 is 18.3. The van der Waals surface area contributed by atoms with E-state index in [4.69, 9.17) is 4.74 Å². The van der Waals surface area contributed by atoms with Gasteiger partial charge in [-0.3, -0.25) is 14.7 Å². The first-order valence-electron chi connectivity index (χ1n) is 8.87. The quantitative estimate of drug-likeness (QED) is 0.618. The number of benzene rings is 1. The van der Waals surface area contributed by atoms with Crippen molar-refractivity contribution in [2.45, 2.75) is 31.9 Å². The monoisotopic (exact) mass is 383 g/mol. The Kier molecular flexibility index (Phi) is 4.88. The zero-order valence-corrected chi connectivity index (χ0v) is 14.9. The third kappa shape index (κ3) is 3.93. The number of amides is 1. The number of carbonyl (C=O) groups excluding carboxylic acids is 1. The standard InChI is InChI=1S/C19H18FN5O3/c20-12-1-4-14(5-2-12)28-10-17-21-9-15(19(27)24-17)18(26)23-13-3-6-16-11(7-13)8-22-25-16/h1-2,4-5,8-9,13H,3,6-7,10H2,(H,22,25)(H,23,26)(H,21,24,27). The highest BCUT2D eigenvalue weighted by atomic mass is 19.1. The summed E-state index contributed by atoms with van der Waals surface area (Å²) in [5.74, 6) is -0.110. The van der Waals surface area contributed by atoms with E-state index in [2.05, 4.69) is 25.5 Å². The lowest BCUT2D eigenvalue weighted by Crippen LogP contribution is -2.41. The van der Waals surface area contributed by atoms with Crippen LogP contribution < -0.4 is 15.6 Å². The van der Waals surface area contributed by atoms with Gasteiger partial charge in [0, 0.05) is 17.9 Å². The molecule has 0 bridgehead atoms. The summed E-state index contributed by atoms with van der Waals surface area (Å²) in [5.41, 5.74) is 1.58. The summed E-state index contributed by atoms with van der Waals surface area (Å²) in [6, 6.07) is 5.45. The van der Waals surface area contributed by atoms with Gasteiger partial charge in [-0.15, -0.1) is 0 Å². The average molecular weight is 383 g/mol. The molecule has 144 valence electrons. The second-order valence-corrected chi connectivity index (χ2v) is 6.60. The SMILES string of the molecule is O=C(NC1CCc2[nH]ncc2C1)c1cnc(COc2ccc(F)cc2)[nH]c1=O. The molecule has 1 unspecified atom stereocenters. The summed E-state index contributed by atoms with van der Waals surface area (Å²) in [7, 11) is 0. The predicted molar refractivity (Wildman–Crippen MR) is 97.5 cm³/mol. The molecule has 0 saturated carbocycles. The number of aryl methyl sites for hydroxylation is 1. The van der Waals surface area contributed by atoms with E-state index in [-0.39, 0.29) is 29.9 Å². The largest absolute Gasteiger partial charge is 0.486 e. The number of rotatable bonds is 5. The van der Waals surface area contributed by atoms with Gasteiger partial charge in [0.05, 0.1) is 6.20 Å². The zero-order chi connectivity index (χ0) is 19.5. The van der Waals surface area contributed by atoms with Crippen LogP contribution in [0.15, 0.2) is 41.5 Å². The second kappa shape index (κ2) is 7.63. The molecule has 1 amide bonds. The molecule has 4 rings (SSSR count). The van der Waals surface area contributed by atoms with Gasteiger partial charge in [-0.25, -0.2) is 9.37 Å². The Balaban J connectivity index is 1.38. The lowest BCUT2D eigenvalue weighted by Gasteiger charge is -2.22. The fraction of sp³-hybridized carbons (Fsp3) is 0.263. The third-order valence-electron chi connectivity index (χ3n) is 4.64. The van der Waals surface area contributed by atoms with Crippen LogP contribution >= 0.6 is 0 Å². The lowest BCUT2D eigenvalue weighted by molar-refractivity contribution is 0.0931. The van der Waals surface area contributed by atoms with Gasteiger partial charge in [0.25, 0.3) is 11.5 Å². The van der Waals surface area contributed by atoms with Crippen molar-refractivity contribution in [3.8, 4) is 5.75 Å². The molecule has 2 aromatic heterocycles. The number of fused-ring (bicyclic) bond motifs is 1. The van der Waals surface area contributed by atoms with Crippen LogP contribution in [0.2, 0.25) is 0 Å². The highest BCUT2D eigenvalue weighted by Crippen LogP contribution is 2.19. The second-order valence-electron chi connectivity index (χ2n) is 6.60. The molecule has 3 aromatic rings. The first kappa shape index (κ1) is 17.9. The number of H-pyrrole nitrogens is 2. The Morgan fingerprint density at radius 2 is 2.11 bits per heavy atom. The maximum atomic E-state index is 12.9. The van der Waals surface area contributed by atoms with Crippen LogP contribution in [0.4, 0.5) is 4.39 Å². The molecule has 9 heteroatoms. The Morgan fingerprint density at radius 1 is 1.29 bits per heavy atom. The van der Waals surface area contributed by atoms with E-state index in [0.717, 1.165) is 24.1 Å². The Labute approximate surface area is 159 Å². The fourth-order valence-electron chi connectivity index (χ4n) is 3.15. The molecule has 2 heterocycles. The fourth-order valence-corrected chi connectivity index (χ4v) is 3.15. The number of hydrogen-bond donors (Lipinski definition) is 3. The third-order valence-corrected chi connectivity index (χ3v) is 4.64. The van der Waals surface area contributed by atoms with Crippen molar-refractivity contribution in [3.05, 3.63) is 75.5 Å². The molecule has 0 fully saturated rings. The van der Waals surface area contributed by atoms with Crippen molar-refractivity contribution in [1.29, 1.82) is 0 Å². The number of halogens is 1. The average Bonchev–Trinajstić information content (AvgIpc) is 3.15.